The number of carbonyl (C=O) groups excluding carboxylic acids is 1. The van der Waals surface area contributed by atoms with Crippen molar-refractivity contribution in [2.45, 2.75) is 25.3 Å². The van der Waals surface area contributed by atoms with E-state index < -0.39 is 0 Å². The Balaban J connectivity index is 1.46. The van der Waals surface area contributed by atoms with E-state index in [0.717, 1.165) is 30.6 Å². The third-order valence-corrected chi connectivity index (χ3v) is 5.26. The molecule has 0 spiro atoms. The van der Waals surface area contributed by atoms with Gasteiger partial charge < -0.3 is 4.90 Å². The molecule has 1 aliphatic heterocycles. The van der Waals surface area contributed by atoms with E-state index in [-0.39, 0.29) is 11.9 Å². The summed E-state index contributed by atoms with van der Waals surface area (Å²) in [5.41, 5.74) is 3.33. The average Bonchev–Trinajstić information content (AvgIpc) is 3.35. The first-order valence-corrected chi connectivity index (χ1v) is 9.16. The van der Waals surface area contributed by atoms with Gasteiger partial charge in [-0.1, -0.05) is 12.1 Å². The molecule has 1 aliphatic rings. The van der Waals surface area contributed by atoms with Crippen molar-refractivity contribution in [3.63, 3.8) is 0 Å². The van der Waals surface area contributed by atoms with Crippen LogP contribution in [0.15, 0.2) is 59.6 Å². The van der Waals surface area contributed by atoms with Gasteiger partial charge in [0, 0.05) is 18.9 Å². The number of rotatable bonds is 4. The Kier molecular flexibility index (Phi) is 4.17. The zero-order chi connectivity index (χ0) is 16.4. The molecule has 1 fully saturated rings. The van der Waals surface area contributed by atoms with E-state index in [4.69, 9.17) is 0 Å². The molecule has 0 N–H and O–H groups in total. The van der Waals surface area contributed by atoms with Crippen LogP contribution in [0.4, 0.5) is 0 Å². The lowest BCUT2D eigenvalue weighted by Gasteiger charge is -2.24. The van der Waals surface area contributed by atoms with E-state index in [1.165, 1.54) is 5.56 Å². The molecule has 24 heavy (non-hydrogen) atoms. The van der Waals surface area contributed by atoms with Crippen LogP contribution in [0.1, 0.15) is 30.0 Å². The summed E-state index contributed by atoms with van der Waals surface area (Å²) in [4.78, 5) is 14.8. The molecule has 4 nitrogen and oxygen atoms in total. The SMILES string of the molecule is O=C(Cc1ccc(-n2cccn2)cc1)N1CCC[C@H]1c1ccsc1. The van der Waals surface area contributed by atoms with Crippen LogP contribution in [0.5, 0.6) is 0 Å². The van der Waals surface area contributed by atoms with Crippen LogP contribution in [0.25, 0.3) is 5.69 Å². The van der Waals surface area contributed by atoms with Crippen LogP contribution in [0.3, 0.4) is 0 Å². The smallest absolute Gasteiger partial charge is 0.227 e. The molecule has 4 rings (SSSR count). The number of amides is 1. The van der Waals surface area contributed by atoms with Crippen molar-refractivity contribution in [2.75, 3.05) is 6.54 Å². The van der Waals surface area contributed by atoms with Gasteiger partial charge >= 0.3 is 0 Å². The molecule has 0 radical (unpaired) electrons. The molecule has 0 aliphatic carbocycles. The predicted molar refractivity (Wildman–Crippen MR) is 95.3 cm³/mol. The topological polar surface area (TPSA) is 38.1 Å². The van der Waals surface area contributed by atoms with Gasteiger partial charge in [-0.05, 0) is 59.0 Å². The second-order valence-electron chi connectivity index (χ2n) is 6.10. The molecule has 122 valence electrons. The number of benzene rings is 1. The van der Waals surface area contributed by atoms with Gasteiger partial charge in [-0.3, -0.25) is 4.79 Å². The Morgan fingerprint density at radius 3 is 2.83 bits per heavy atom. The molecule has 3 aromatic rings. The highest BCUT2D eigenvalue weighted by molar-refractivity contribution is 7.07. The van der Waals surface area contributed by atoms with Crippen molar-refractivity contribution in [3.8, 4) is 5.69 Å². The summed E-state index contributed by atoms with van der Waals surface area (Å²) in [5.74, 6) is 0.218. The minimum atomic E-state index is 0.218. The Morgan fingerprint density at radius 1 is 1.25 bits per heavy atom. The van der Waals surface area contributed by atoms with Crippen LogP contribution in [0.2, 0.25) is 0 Å². The highest BCUT2D eigenvalue weighted by Crippen LogP contribution is 2.33. The summed E-state index contributed by atoms with van der Waals surface area (Å²) in [6.45, 7) is 0.866. The minimum Gasteiger partial charge on any atom is -0.335 e. The van der Waals surface area contributed by atoms with E-state index in [2.05, 4.69) is 21.9 Å². The lowest BCUT2D eigenvalue weighted by molar-refractivity contribution is -0.131. The molecule has 2 aromatic heterocycles. The van der Waals surface area contributed by atoms with Gasteiger partial charge in [0.1, 0.15) is 0 Å². The number of thiophene rings is 1. The standard InChI is InChI=1S/C19H19N3OS/c23-19(21-10-1-3-18(21)16-8-12-24-14-16)13-15-4-6-17(7-5-15)22-11-2-9-20-22/h2,4-9,11-12,14,18H,1,3,10,13H2/t18-/m0/s1. The zero-order valence-electron chi connectivity index (χ0n) is 13.3. The van der Waals surface area contributed by atoms with Gasteiger partial charge in [0.2, 0.25) is 5.91 Å². The van der Waals surface area contributed by atoms with Crippen LogP contribution >= 0.6 is 11.3 Å². The quantitative estimate of drug-likeness (QED) is 0.725. The van der Waals surface area contributed by atoms with Gasteiger partial charge in [0.25, 0.3) is 0 Å². The van der Waals surface area contributed by atoms with Crippen LogP contribution in [-0.2, 0) is 11.2 Å². The Morgan fingerprint density at radius 2 is 2.12 bits per heavy atom. The molecule has 0 saturated carbocycles. The summed E-state index contributed by atoms with van der Waals surface area (Å²) in [6.07, 6.45) is 6.29. The van der Waals surface area contributed by atoms with E-state index in [1.54, 1.807) is 17.5 Å². The maximum Gasteiger partial charge on any atom is 0.227 e. The van der Waals surface area contributed by atoms with Crippen LogP contribution < -0.4 is 0 Å². The molecule has 1 aromatic carbocycles. The van der Waals surface area contributed by atoms with E-state index >= 15 is 0 Å². The normalized spacial score (nSPS) is 17.3. The van der Waals surface area contributed by atoms with Crippen molar-refractivity contribution >= 4 is 17.2 Å². The molecule has 1 saturated heterocycles. The number of carbonyl (C=O) groups is 1. The maximum atomic E-state index is 12.7. The molecule has 0 bridgehead atoms. The van der Waals surface area contributed by atoms with E-state index in [1.807, 2.05) is 46.1 Å². The average molecular weight is 337 g/mol. The van der Waals surface area contributed by atoms with Crippen molar-refractivity contribution in [1.82, 2.24) is 14.7 Å². The minimum absolute atomic E-state index is 0.218. The second kappa shape index (κ2) is 6.61. The number of likely N-dealkylation sites (tertiary alicyclic amines) is 1. The summed E-state index contributed by atoms with van der Waals surface area (Å²) >= 11 is 1.70. The lowest BCUT2D eigenvalue weighted by Crippen LogP contribution is -2.31. The van der Waals surface area contributed by atoms with Crippen LogP contribution in [0, 0.1) is 0 Å². The Hall–Kier alpha value is -2.40. The molecular weight excluding hydrogens is 318 g/mol. The van der Waals surface area contributed by atoms with Gasteiger partial charge in [0.05, 0.1) is 18.2 Å². The van der Waals surface area contributed by atoms with Crippen LogP contribution in [-0.4, -0.2) is 27.1 Å². The Labute approximate surface area is 145 Å². The predicted octanol–water partition coefficient (Wildman–Crippen LogP) is 3.84. The second-order valence-corrected chi connectivity index (χ2v) is 6.88. The fraction of sp³-hybridized carbons (Fsp3) is 0.263. The summed E-state index contributed by atoms with van der Waals surface area (Å²) in [5, 5.41) is 8.47. The first-order valence-electron chi connectivity index (χ1n) is 8.22. The summed E-state index contributed by atoms with van der Waals surface area (Å²) in [6, 6.07) is 12.4. The molecule has 1 atom stereocenters. The monoisotopic (exact) mass is 337 g/mol. The maximum absolute atomic E-state index is 12.7. The highest BCUT2D eigenvalue weighted by atomic mass is 32.1. The molecular formula is C19H19N3OS. The summed E-state index contributed by atoms with van der Waals surface area (Å²) in [7, 11) is 0. The number of hydrogen-bond acceptors (Lipinski definition) is 3. The van der Waals surface area contributed by atoms with Gasteiger partial charge in [-0.15, -0.1) is 0 Å². The number of hydrogen-bond donors (Lipinski definition) is 0. The van der Waals surface area contributed by atoms with Gasteiger partial charge in [0.15, 0.2) is 0 Å². The van der Waals surface area contributed by atoms with E-state index in [9.17, 15) is 4.79 Å². The fourth-order valence-electron chi connectivity index (χ4n) is 3.34. The van der Waals surface area contributed by atoms with Gasteiger partial charge in [-0.2, -0.15) is 16.4 Å². The van der Waals surface area contributed by atoms with Crippen molar-refractivity contribution < 1.29 is 4.79 Å². The number of nitrogens with zero attached hydrogens (tertiary/aromatic N) is 3. The first-order chi connectivity index (χ1) is 11.8. The lowest BCUT2D eigenvalue weighted by atomic mass is 10.1. The third kappa shape index (κ3) is 2.99. The Bertz CT molecular complexity index is 794. The van der Waals surface area contributed by atoms with Crippen molar-refractivity contribution in [2.24, 2.45) is 0 Å². The van der Waals surface area contributed by atoms with Crippen molar-refractivity contribution in [1.29, 1.82) is 0 Å². The molecule has 1 amide bonds. The molecule has 3 heterocycles. The molecule has 0 unspecified atom stereocenters. The first kappa shape index (κ1) is 15.1. The molecule has 5 heteroatoms. The fourth-order valence-corrected chi connectivity index (χ4v) is 4.05. The largest absolute Gasteiger partial charge is 0.335 e. The zero-order valence-corrected chi connectivity index (χ0v) is 14.2. The number of aromatic nitrogens is 2. The van der Waals surface area contributed by atoms with E-state index in [0.29, 0.717) is 6.42 Å². The summed E-state index contributed by atoms with van der Waals surface area (Å²) < 4.78 is 1.82. The van der Waals surface area contributed by atoms with Crippen molar-refractivity contribution in [3.05, 3.63) is 70.7 Å². The van der Waals surface area contributed by atoms with Gasteiger partial charge in [-0.25, -0.2) is 4.68 Å². The highest BCUT2D eigenvalue weighted by Gasteiger charge is 2.29. The third-order valence-electron chi connectivity index (χ3n) is 4.56.